The zero-order valence-corrected chi connectivity index (χ0v) is 13.3. The quantitative estimate of drug-likeness (QED) is 0.763. The fourth-order valence-corrected chi connectivity index (χ4v) is 3.07. The molecular formula is C14H10BrClO3S. The molecule has 0 unspecified atom stereocenters. The van der Waals surface area contributed by atoms with Crippen LogP contribution in [0.1, 0.15) is 10.4 Å². The summed E-state index contributed by atoms with van der Waals surface area (Å²) in [5, 5.41) is 11.2. The molecular weight excluding hydrogens is 364 g/mol. The highest BCUT2D eigenvalue weighted by atomic mass is 79.9. The number of hydrogen-bond acceptors (Lipinski definition) is 3. The largest absolute Gasteiger partial charge is 0.487 e. The molecule has 104 valence electrons. The Morgan fingerprint density at radius 2 is 2.25 bits per heavy atom. The molecule has 0 atom stereocenters. The van der Waals surface area contributed by atoms with Crippen molar-refractivity contribution < 1.29 is 14.6 Å². The average molecular weight is 374 g/mol. The van der Waals surface area contributed by atoms with Crippen LogP contribution in [-0.2, 0) is 11.4 Å². The van der Waals surface area contributed by atoms with E-state index in [0.29, 0.717) is 22.9 Å². The molecule has 3 nitrogen and oxygen atoms in total. The number of aliphatic carboxylic acids is 1. The lowest BCUT2D eigenvalue weighted by Gasteiger charge is -2.09. The van der Waals surface area contributed by atoms with Gasteiger partial charge in [-0.3, -0.25) is 0 Å². The van der Waals surface area contributed by atoms with Crippen LogP contribution in [0.5, 0.6) is 5.75 Å². The zero-order valence-electron chi connectivity index (χ0n) is 10.2. The number of benzene rings is 1. The predicted octanol–water partition coefficient (Wildman–Crippen LogP) is 4.84. The molecule has 2 aromatic rings. The molecule has 20 heavy (non-hydrogen) atoms. The third kappa shape index (κ3) is 4.10. The number of ether oxygens (including phenoxy) is 1. The molecule has 0 bridgehead atoms. The molecule has 1 aromatic carbocycles. The van der Waals surface area contributed by atoms with Gasteiger partial charge in [-0.15, -0.1) is 11.3 Å². The van der Waals surface area contributed by atoms with Gasteiger partial charge < -0.3 is 9.84 Å². The Hall–Kier alpha value is -1.30. The first-order valence-corrected chi connectivity index (χ1v) is 7.66. The summed E-state index contributed by atoms with van der Waals surface area (Å²) in [6.45, 7) is 0.411. The average Bonchev–Trinajstić information content (AvgIpc) is 2.81. The monoisotopic (exact) mass is 372 g/mol. The van der Waals surface area contributed by atoms with Crippen molar-refractivity contribution in [1.29, 1.82) is 0 Å². The van der Waals surface area contributed by atoms with Gasteiger partial charge in [0.15, 0.2) is 0 Å². The molecule has 1 heterocycles. The van der Waals surface area contributed by atoms with Crippen molar-refractivity contribution in [3.8, 4) is 5.75 Å². The smallest absolute Gasteiger partial charge is 0.328 e. The van der Waals surface area contributed by atoms with Gasteiger partial charge in [0.2, 0.25) is 0 Å². The van der Waals surface area contributed by atoms with E-state index < -0.39 is 5.97 Å². The van der Waals surface area contributed by atoms with Gasteiger partial charge in [-0.2, -0.15) is 0 Å². The van der Waals surface area contributed by atoms with Crippen LogP contribution in [0, 0.1) is 0 Å². The van der Waals surface area contributed by atoms with Crippen molar-refractivity contribution in [2.24, 2.45) is 0 Å². The SMILES string of the molecule is O=C(O)C=Cc1cc(Cl)ccc1OCc1sccc1Br. The van der Waals surface area contributed by atoms with E-state index in [1.807, 2.05) is 11.4 Å². The van der Waals surface area contributed by atoms with Crippen LogP contribution in [-0.4, -0.2) is 11.1 Å². The summed E-state index contributed by atoms with van der Waals surface area (Å²) in [6, 6.07) is 7.06. The van der Waals surface area contributed by atoms with Gasteiger partial charge >= 0.3 is 5.97 Å². The topological polar surface area (TPSA) is 46.5 Å². The number of carboxylic acid groups (broad SMARTS) is 1. The maximum atomic E-state index is 10.6. The van der Waals surface area contributed by atoms with E-state index in [0.717, 1.165) is 15.4 Å². The Morgan fingerprint density at radius 1 is 1.45 bits per heavy atom. The molecule has 6 heteroatoms. The molecule has 0 aliphatic carbocycles. The van der Waals surface area contributed by atoms with Crippen molar-refractivity contribution in [3.05, 3.63) is 55.7 Å². The number of halogens is 2. The highest BCUT2D eigenvalue weighted by molar-refractivity contribution is 9.10. The molecule has 0 saturated heterocycles. The molecule has 0 aliphatic rings. The van der Waals surface area contributed by atoms with Crippen LogP contribution in [0.3, 0.4) is 0 Å². The van der Waals surface area contributed by atoms with Crippen LogP contribution in [0.15, 0.2) is 40.2 Å². The van der Waals surface area contributed by atoms with Crippen molar-refractivity contribution in [3.63, 3.8) is 0 Å². The minimum Gasteiger partial charge on any atom is -0.487 e. The molecule has 1 aromatic heterocycles. The van der Waals surface area contributed by atoms with Crippen LogP contribution in [0.4, 0.5) is 0 Å². The number of carboxylic acids is 1. The predicted molar refractivity (Wildman–Crippen MR) is 84.5 cm³/mol. The standard InChI is InChI=1S/C14H10BrClO3S/c15-11-5-6-20-13(11)8-19-12-3-2-10(16)7-9(12)1-4-14(17)18/h1-7H,8H2,(H,17,18). The minimum absolute atomic E-state index is 0.411. The first-order valence-electron chi connectivity index (χ1n) is 5.61. The van der Waals surface area contributed by atoms with Crippen LogP contribution in [0.25, 0.3) is 6.08 Å². The van der Waals surface area contributed by atoms with Gasteiger partial charge in [0.05, 0.1) is 4.88 Å². The maximum Gasteiger partial charge on any atom is 0.328 e. The second kappa shape index (κ2) is 6.92. The summed E-state index contributed by atoms with van der Waals surface area (Å²) < 4.78 is 6.73. The van der Waals surface area contributed by atoms with Gasteiger partial charge in [0.25, 0.3) is 0 Å². The maximum absolute atomic E-state index is 10.6. The second-order valence-corrected chi connectivity index (χ2v) is 6.13. The second-order valence-electron chi connectivity index (χ2n) is 3.83. The fraction of sp³-hybridized carbons (Fsp3) is 0.0714. The van der Waals surface area contributed by atoms with E-state index in [-0.39, 0.29) is 0 Å². The molecule has 0 aliphatic heterocycles. The molecule has 1 N–H and O–H groups in total. The van der Waals surface area contributed by atoms with E-state index >= 15 is 0 Å². The van der Waals surface area contributed by atoms with Crippen LogP contribution >= 0.6 is 38.9 Å². The Balaban J connectivity index is 2.18. The summed E-state index contributed by atoms with van der Waals surface area (Å²) in [5.74, 6) is -0.427. The van der Waals surface area contributed by atoms with Crippen molar-refractivity contribution in [2.75, 3.05) is 0 Å². The fourth-order valence-electron chi connectivity index (χ4n) is 1.51. The summed E-state index contributed by atoms with van der Waals surface area (Å²) in [5.41, 5.74) is 0.632. The molecule has 2 rings (SSSR count). The first-order chi connectivity index (χ1) is 9.56. The normalized spacial score (nSPS) is 10.9. The summed E-state index contributed by atoms with van der Waals surface area (Å²) in [7, 11) is 0. The summed E-state index contributed by atoms with van der Waals surface area (Å²) >= 11 is 10.9. The summed E-state index contributed by atoms with van der Waals surface area (Å²) in [4.78, 5) is 11.7. The van der Waals surface area contributed by atoms with Crippen molar-refractivity contribution in [2.45, 2.75) is 6.61 Å². The van der Waals surface area contributed by atoms with E-state index in [2.05, 4.69) is 15.9 Å². The van der Waals surface area contributed by atoms with Gasteiger partial charge in [-0.1, -0.05) is 11.6 Å². The number of rotatable bonds is 5. The first kappa shape index (κ1) is 15.1. The lowest BCUT2D eigenvalue weighted by atomic mass is 10.2. The number of thiophene rings is 1. The third-order valence-corrected chi connectivity index (χ3v) is 4.56. The Morgan fingerprint density at radius 3 is 2.90 bits per heavy atom. The van der Waals surface area contributed by atoms with Gasteiger partial charge in [-0.05, 0) is 51.7 Å². The molecule has 0 radical (unpaired) electrons. The van der Waals surface area contributed by atoms with Gasteiger partial charge in [0.1, 0.15) is 12.4 Å². The van der Waals surface area contributed by atoms with E-state index in [9.17, 15) is 4.79 Å². The van der Waals surface area contributed by atoms with Crippen LogP contribution in [0.2, 0.25) is 5.02 Å². The van der Waals surface area contributed by atoms with E-state index in [1.54, 1.807) is 29.5 Å². The lowest BCUT2D eigenvalue weighted by molar-refractivity contribution is -0.131. The highest BCUT2D eigenvalue weighted by Gasteiger charge is 2.06. The molecule has 0 amide bonds. The van der Waals surface area contributed by atoms with Gasteiger partial charge in [0, 0.05) is 21.1 Å². The van der Waals surface area contributed by atoms with Crippen LogP contribution < -0.4 is 4.74 Å². The van der Waals surface area contributed by atoms with Crippen molar-refractivity contribution >= 4 is 50.9 Å². The molecule has 0 spiro atoms. The number of hydrogen-bond donors (Lipinski definition) is 1. The van der Waals surface area contributed by atoms with Crippen molar-refractivity contribution in [1.82, 2.24) is 0 Å². The van der Waals surface area contributed by atoms with E-state index in [1.165, 1.54) is 6.08 Å². The Labute approximate surface area is 133 Å². The van der Waals surface area contributed by atoms with Gasteiger partial charge in [-0.25, -0.2) is 4.79 Å². The Kier molecular flexibility index (Phi) is 5.23. The molecule has 0 fully saturated rings. The minimum atomic E-state index is -1.02. The highest BCUT2D eigenvalue weighted by Crippen LogP contribution is 2.28. The third-order valence-electron chi connectivity index (χ3n) is 2.43. The lowest BCUT2D eigenvalue weighted by Crippen LogP contribution is -1.96. The molecule has 0 saturated carbocycles. The van der Waals surface area contributed by atoms with E-state index in [4.69, 9.17) is 21.4 Å². The Bertz CT molecular complexity index is 652. The zero-order chi connectivity index (χ0) is 14.5. The number of carbonyl (C=O) groups is 1. The summed E-state index contributed by atoms with van der Waals surface area (Å²) in [6.07, 6.45) is 2.52.